The largest absolute Gasteiger partial charge is 0.504 e. The fourth-order valence-electron chi connectivity index (χ4n) is 9.23. The van der Waals surface area contributed by atoms with Crippen molar-refractivity contribution in [2.24, 2.45) is 23.7 Å². The molecule has 6 atom stereocenters. The van der Waals surface area contributed by atoms with Crippen molar-refractivity contribution in [1.29, 1.82) is 0 Å². The van der Waals surface area contributed by atoms with Crippen LogP contribution in [0.3, 0.4) is 0 Å². The average molecular weight is 798 g/mol. The number of nitro benzene ring substituents is 1. The molecule has 1 saturated carbocycles. The van der Waals surface area contributed by atoms with Crippen molar-refractivity contribution in [3.05, 3.63) is 128 Å². The topological polar surface area (TPSA) is 169 Å². The van der Waals surface area contributed by atoms with E-state index in [0.29, 0.717) is 21.9 Å². The normalized spacial score (nSPS) is 25.4. The van der Waals surface area contributed by atoms with Crippen LogP contribution in [0.2, 0.25) is 10.0 Å². The number of ether oxygens (including phenoxy) is 2. The number of nitro groups is 1. The molecule has 13 nitrogen and oxygen atoms in total. The van der Waals surface area contributed by atoms with Crippen LogP contribution < -0.4 is 19.8 Å². The summed E-state index contributed by atoms with van der Waals surface area (Å²) < 4.78 is 11.3. The second kappa shape index (κ2) is 14.0. The molecule has 2 aliphatic carbocycles. The van der Waals surface area contributed by atoms with Gasteiger partial charge in [-0.05, 0) is 73.7 Å². The second-order valence-corrected chi connectivity index (χ2v) is 15.0. The number of non-ortho nitro benzene ring substituents is 1. The summed E-state index contributed by atoms with van der Waals surface area (Å²) >= 11 is 12.7. The van der Waals surface area contributed by atoms with Crippen LogP contribution in [0.5, 0.6) is 17.2 Å². The van der Waals surface area contributed by atoms with Gasteiger partial charge in [0, 0.05) is 28.6 Å². The summed E-state index contributed by atoms with van der Waals surface area (Å²) in [6.45, 7) is 1.99. The number of methoxy groups -OCH3 is 1. The maximum atomic E-state index is 15.5. The van der Waals surface area contributed by atoms with Crippen molar-refractivity contribution in [3.63, 3.8) is 0 Å². The number of benzene rings is 4. The lowest BCUT2D eigenvalue weighted by molar-refractivity contribution is -0.384. The van der Waals surface area contributed by atoms with E-state index >= 15 is 4.79 Å². The molecule has 0 spiro atoms. The first-order valence-corrected chi connectivity index (χ1v) is 18.7. The summed E-state index contributed by atoms with van der Waals surface area (Å²) in [5.74, 6) is -6.70. The number of allylic oxidation sites excluding steroid dienone is 2. The molecule has 2 N–H and O–H groups in total. The molecule has 3 fully saturated rings. The summed E-state index contributed by atoms with van der Waals surface area (Å²) in [7, 11) is 1.51. The molecule has 15 heteroatoms. The first-order valence-electron chi connectivity index (χ1n) is 17.9. The van der Waals surface area contributed by atoms with Gasteiger partial charge < -0.3 is 14.6 Å². The number of halogens is 2. The van der Waals surface area contributed by atoms with Crippen molar-refractivity contribution in [3.8, 4) is 17.2 Å². The van der Waals surface area contributed by atoms with Crippen LogP contribution in [-0.4, -0.2) is 52.4 Å². The fraction of sp³-hybridized carbons (Fsp3) is 0.268. The van der Waals surface area contributed by atoms with E-state index in [1.165, 1.54) is 37.4 Å². The van der Waals surface area contributed by atoms with E-state index in [1.54, 1.807) is 61.5 Å². The van der Waals surface area contributed by atoms with Crippen LogP contribution in [0.1, 0.15) is 36.8 Å². The molecule has 4 aliphatic rings. The van der Waals surface area contributed by atoms with Crippen LogP contribution in [0.15, 0.2) is 96.6 Å². The predicted molar refractivity (Wildman–Crippen MR) is 205 cm³/mol. The van der Waals surface area contributed by atoms with Crippen molar-refractivity contribution >= 4 is 63.9 Å². The van der Waals surface area contributed by atoms with Gasteiger partial charge in [0.15, 0.2) is 11.5 Å². The van der Waals surface area contributed by atoms with Crippen LogP contribution in [0.4, 0.5) is 17.1 Å². The molecule has 2 heterocycles. The lowest BCUT2D eigenvalue weighted by Gasteiger charge is -2.50. The molecule has 8 rings (SSSR count). The molecule has 2 aliphatic heterocycles. The number of aromatic hydroxyl groups is 1. The highest BCUT2D eigenvalue weighted by atomic mass is 35.5. The van der Waals surface area contributed by atoms with Gasteiger partial charge in [-0.25, -0.2) is 4.90 Å². The van der Waals surface area contributed by atoms with E-state index < -0.39 is 63.6 Å². The number of hydrazine groups is 1. The number of fused-ring (bicyclic) bond motifs is 4. The molecule has 0 bridgehead atoms. The van der Waals surface area contributed by atoms with Gasteiger partial charge in [-0.15, -0.1) is 0 Å². The molecule has 0 aromatic heterocycles. The molecule has 286 valence electrons. The van der Waals surface area contributed by atoms with Crippen molar-refractivity contribution in [1.82, 2.24) is 5.01 Å². The molecule has 4 aromatic rings. The monoisotopic (exact) mass is 796 g/mol. The number of anilines is 2. The number of hydrogen-bond donors (Lipinski definition) is 2. The molecule has 4 aromatic carbocycles. The van der Waals surface area contributed by atoms with E-state index in [-0.39, 0.29) is 58.6 Å². The third kappa shape index (κ3) is 5.51. The van der Waals surface area contributed by atoms with E-state index in [2.05, 4.69) is 5.43 Å². The predicted octanol–water partition coefficient (Wildman–Crippen LogP) is 7.20. The fourth-order valence-corrected chi connectivity index (χ4v) is 9.68. The summed E-state index contributed by atoms with van der Waals surface area (Å²) in [5.41, 5.74) is 2.58. The van der Waals surface area contributed by atoms with Crippen molar-refractivity contribution in [2.75, 3.05) is 24.0 Å². The number of carbonyl (C=O) groups excluding carboxylic acids is 4. The number of nitrogens with one attached hydrogen (secondary N) is 1. The summed E-state index contributed by atoms with van der Waals surface area (Å²) in [5, 5.41) is 25.0. The van der Waals surface area contributed by atoms with Crippen LogP contribution in [0.25, 0.3) is 0 Å². The Morgan fingerprint density at radius 1 is 0.946 bits per heavy atom. The zero-order chi connectivity index (χ0) is 39.6. The number of nitrogens with zero attached hydrogens (tertiary/aromatic N) is 3. The lowest BCUT2D eigenvalue weighted by Crippen LogP contribution is -2.53. The number of phenols is 1. The van der Waals surface area contributed by atoms with Gasteiger partial charge in [-0.3, -0.25) is 34.7 Å². The number of para-hydroxylation sites is 1. The van der Waals surface area contributed by atoms with E-state index in [1.807, 2.05) is 6.08 Å². The highest BCUT2D eigenvalue weighted by Gasteiger charge is 2.70. The Labute approximate surface area is 330 Å². The van der Waals surface area contributed by atoms with E-state index in [9.17, 15) is 29.6 Å². The number of carbonyl (C=O) groups is 4. The number of hydrogen-bond acceptors (Lipinski definition) is 10. The van der Waals surface area contributed by atoms with Gasteiger partial charge in [0.2, 0.25) is 11.8 Å². The quantitative estimate of drug-likeness (QED) is 0.0765. The van der Waals surface area contributed by atoms with Gasteiger partial charge in [-0.2, -0.15) is 5.01 Å². The van der Waals surface area contributed by atoms with Gasteiger partial charge in [0.25, 0.3) is 17.5 Å². The Morgan fingerprint density at radius 2 is 1.70 bits per heavy atom. The molecule has 56 heavy (non-hydrogen) atoms. The maximum absolute atomic E-state index is 15.5. The molecular weight excluding hydrogens is 763 g/mol. The number of imide groups is 2. The Bertz CT molecular complexity index is 2370. The third-order valence-electron chi connectivity index (χ3n) is 11.5. The molecule has 0 radical (unpaired) electrons. The van der Waals surface area contributed by atoms with Crippen molar-refractivity contribution < 1.29 is 38.7 Å². The minimum atomic E-state index is -1.71. The summed E-state index contributed by atoms with van der Waals surface area (Å²) in [6.07, 6.45) is 1.92. The van der Waals surface area contributed by atoms with Gasteiger partial charge >= 0.3 is 0 Å². The lowest BCUT2D eigenvalue weighted by atomic mass is 9.49. The minimum absolute atomic E-state index is 0.0274. The molecule has 4 amide bonds. The SMILES string of the molecule is CCOc1cccc(C2C3=CCC4C(=O)N(c5cccc([N+](=O)[O-])c5)C(=O)C4C3CC3C(=O)N(Nc4ccc(Cl)cc4Cl)C(=O)C32c2ccc(OC)cc2)c1O. The minimum Gasteiger partial charge on any atom is -0.504 e. The van der Waals surface area contributed by atoms with Crippen LogP contribution >= 0.6 is 23.2 Å². The molecule has 6 unspecified atom stereocenters. The zero-order valence-electron chi connectivity index (χ0n) is 30.0. The van der Waals surface area contributed by atoms with Gasteiger partial charge in [0.05, 0.1) is 58.2 Å². The Kier molecular flexibility index (Phi) is 9.24. The van der Waals surface area contributed by atoms with E-state index in [4.69, 9.17) is 32.7 Å². The van der Waals surface area contributed by atoms with Crippen LogP contribution in [-0.2, 0) is 24.6 Å². The second-order valence-electron chi connectivity index (χ2n) is 14.1. The van der Waals surface area contributed by atoms with Crippen LogP contribution in [0, 0.1) is 33.8 Å². The summed E-state index contributed by atoms with van der Waals surface area (Å²) in [4.78, 5) is 71.2. The third-order valence-corrected chi connectivity index (χ3v) is 12.1. The average Bonchev–Trinajstić information content (AvgIpc) is 3.57. The van der Waals surface area contributed by atoms with Gasteiger partial charge in [-0.1, -0.05) is 65.2 Å². The number of amides is 4. The first-order chi connectivity index (χ1) is 26.9. The molecular formula is C41H34Cl2N4O9. The number of phenolic OH excluding ortho intramolecular Hbond substituents is 1. The molecule has 2 saturated heterocycles. The van der Waals surface area contributed by atoms with Crippen molar-refractivity contribution in [2.45, 2.75) is 31.1 Å². The Balaban J connectivity index is 1.34. The highest BCUT2D eigenvalue weighted by Crippen LogP contribution is 2.65. The zero-order valence-corrected chi connectivity index (χ0v) is 31.5. The standard InChI is InChI=1S/C41H34Cl2N4O9/c1-3-56-33-9-5-8-28(36(33)48)35-26-15-16-27-34(39(51)45(37(27)49)23-6-4-7-24(19-23)47(53)54)29(26)20-30-38(50)46(44-32-17-12-22(42)18-31(32)43)40(52)41(30,35)21-10-13-25(55-2)14-11-21/h4-15,17-19,27,29-30,34-35,44,48H,3,16,20H2,1-2H3. The summed E-state index contributed by atoms with van der Waals surface area (Å²) in [6, 6.07) is 21.7. The number of rotatable bonds is 9. The first kappa shape index (κ1) is 37.0. The van der Waals surface area contributed by atoms with Gasteiger partial charge in [0.1, 0.15) is 5.75 Å². The Hall–Kier alpha value is -5.92. The highest BCUT2D eigenvalue weighted by molar-refractivity contribution is 6.36. The smallest absolute Gasteiger partial charge is 0.271 e. The Morgan fingerprint density at radius 3 is 2.39 bits per heavy atom. The maximum Gasteiger partial charge on any atom is 0.271 e. The van der Waals surface area contributed by atoms with E-state index in [0.717, 1.165) is 9.91 Å².